The molecule has 25 heavy (non-hydrogen) atoms. The van der Waals surface area contributed by atoms with Crippen molar-refractivity contribution in [2.75, 3.05) is 19.6 Å². The maximum atomic E-state index is 2.80. The van der Waals surface area contributed by atoms with Crippen LogP contribution >= 0.6 is 0 Å². The lowest BCUT2D eigenvalue weighted by molar-refractivity contribution is 0.0327. The second-order valence-corrected chi connectivity index (χ2v) is 7.98. The van der Waals surface area contributed by atoms with Crippen LogP contribution in [-0.4, -0.2) is 35.0 Å². The third-order valence-corrected chi connectivity index (χ3v) is 6.25. The molecule has 2 heterocycles. The largest absolute Gasteiger partial charge is 0.297 e. The van der Waals surface area contributed by atoms with E-state index in [2.05, 4.69) is 71.3 Å². The van der Waals surface area contributed by atoms with Crippen LogP contribution in [0.5, 0.6) is 0 Å². The normalized spacial score (nSPS) is 24.8. The van der Waals surface area contributed by atoms with Crippen molar-refractivity contribution in [3.8, 4) is 0 Å². The number of hydrogen-bond donors (Lipinski definition) is 0. The Balaban J connectivity index is 1.48. The molecule has 2 nitrogen and oxygen atoms in total. The Labute approximate surface area is 152 Å². The standard InChI is InChI=1S/C23H30N2/c1-20-9-5-6-12-22(20)18-25-16-8-14-23(25)13-7-15-24(19-23)17-21-10-3-2-4-11-21/h2-6,9-12H,7-8,13-19H2,1H3. The Bertz CT molecular complexity index is 696. The van der Waals surface area contributed by atoms with Crippen LogP contribution in [0.15, 0.2) is 54.6 Å². The summed E-state index contributed by atoms with van der Waals surface area (Å²) in [5.41, 5.74) is 4.78. The molecule has 0 N–H and O–H groups in total. The first-order valence-electron chi connectivity index (χ1n) is 9.81. The Kier molecular flexibility index (Phi) is 4.91. The van der Waals surface area contributed by atoms with Gasteiger partial charge in [0.2, 0.25) is 0 Å². The van der Waals surface area contributed by atoms with Crippen molar-refractivity contribution in [2.24, 2.45) is 0 Å². The zero-order valence-electron chi connectivity index (χ0n) is 15.5. The molecular weight excluding hydrogens is 304 g/mol. The average molecular weight is 335 g/mol. The number of rotatable bonds is 4. The van der Waals surface area contributed by atoms with Gasteiger partial charge >= 0.3 is 0 Å². The molecular formula is C23H30N2. The van der Waals surface area contributed by atoms with Gasteiger partial charge in [-0.2, -0.15) is 0 Å². The smallest absolute Gasteiger partial charge is 0.0341 e. The van der Waals surface area contributed by atoms with Gasteiger partial charge < -0.3 is 0 Å². The Morgan fingerprint density at radius 1 is 0.840 bits per heavy atom. The predicted octanol–water partition coefficient (Wildman–Crippen LogP) is 4.63. The van der Waals surface area contributed by atoms with E-state index < -0.39 is 0 Å². The summed E-state index contributed by atoms with van der Waals surface area (Å²) in [7, 11) is 0. The number of aryl methyl sites for hydroxylation is 1. The second-order valence-electron chi connectivity index (χ2n) is 7.98. The monoisotopic (exact) mass is 334 g/mol. The first-order valence-corrected chi connectivity index (χ1v) is 9.81. The molecule has 2 aromatic rings. The van der Waals surface area contributed by atoms with E-state index in [4.69, 9.17) is 0 Å². The Morgan fingerprint density at radius 2 is 1.56 bits per heavy atom. The second kappa shape index (κ2) is 7.31. The summed E-state index contributed by atoms with van der Waals surface area (Å²) in [6.07, 6.45) is 5.41. The lowest BCUT2D eigenvalue weighted by atomic mass is 9.85. The fraction of sp³-hybridized carbons (Fsp3) is 0.478. The number of nitrogens with zero attached hydrogens (tertiary/aromatic N) is 2. The summed E-state index contributed by atoms with van der Waals surface area (Å²) >= 11 is 0. The molecule has 1 unspecified atom stereocenters. The Morgan fingerprint density at radius 3 is 2.36 bits per heavy atom. The summed E-state index contributed by atoms with van der Waals surface area (Å²) in [6.45, 7) is 8.20. The lowest BCUT2D eigenvalue weighted by Gasteiger charge is -2.46. The molecule has 0 amide bonds. The zero-order valence-corrected chi connectivity index (χ0v) is 15.5. The highest BCUT2D eigenvalue weighted by Gasteiger charge is 2.43. The average Bonchev–Trinajstić information content (AvgIpc) is 2.99. The molecule has 2 saturated heterocycles. The van der Waals surface area contributed by atoms with Gasteiger partial charge in [-0.3, -0.25) is 9.80 Å². The van der Waals surface area contributed by atoms with Crippen LogP contribution in [0.2, 0.25) is 0 Å². The van der Waals surface area contributed by atoms with E-state index in [0.717, 1.165) is 13.1 Å². The highest BCUT2D eigenvalue weighted by Crippen LogP contribution is 2.38. The van der Waals surface area contributed by atoms with Crippen LogP contribution in [0.3, 0.4) is 0 Å². The van der Waals surface area contributed by atoms with E-state index in [1.54, 1.807) is 0 Å². The van der Waals surface area contributed by atoms with Crippen molar-refractivity contribution >= 4 is 0 Å². The molecule has 1 atom stereocenters. The highest BCUT2D eigenvalue weighted by molar-refractivity contribution is 5.26. The van der Waals surface area contributed by atoms with E-state index in [1.807, 2.05) is 0 Å². The maximum Gasteiger partial charge on any atom is 0.0341 e. The van der Waals surface area contributed by atoms with Gasteiger partial charge in [0.05, 0.1) is 0 Å². The molecule has 2 heteroatoms. The van der Waals surface area contributed by atoms with E-state index in [9.17, 15) is 0 Å². The van der Waals surface area contributed by atoms with Crippen molar-refractivity contribution < 1.29 is 0 Å². The number of likely N-dealkylation sites (tertiary alicyclic amines) is 2. The minimum atomic E-state index is 0.398. The van der Waals surface area contributed by atoms with Gasteiger partial charge in [0.15, 0.2) is 0 Å². The molecule has 0 saturated carbocycles. The first-order chi connectivity index (χ1) is 12.3. The van der Waals surface area contributed by atoms with Gasteiger partial charge in [0.25, 0.3) is 0 Å². The van der Waals surface area contributed by atoms with Gasteiger partial charge in [0, 0.05) is 25.2 Å². The molecule has 132 valence electrons. The summed E-state index contributed by atoms with van der Waals surface area (Å²) < 4.78 is 0. The molecule has 2 aliphatic heterocycles. The molecule has 2 aliphatic rings. The number of piperidine rings is 1. The quantitative estimate of drug-likeness (QED) is 0.804. The third kappa shape index (κ3) is 3.65. The number of benzene rings is 2. The third-order valence-electron chi connectivity index (χ3n) is 6.25. The maximum absolute atomic E-state index is 2.80. The van der Waals surface area contributed by atoms with Crippen LogP contribution in [0.25, 0.3) is 0 Å². The molecule has 0 bridgehead atoms. The first kappa shape index (κ1) is 16.8. The summed E-state index contributed by atoms with van der Waals surface area (Å²) in [4.78, 5) is 5.49. The fourth-order valence-electron chi connectivity index (χ4n) is 4.88. The van der Waals surface area contributed by atoms with Crippen LogP contribution in [0.1, 0.15) is 42.4 Å². The van der Waals surface area contributed by atoms with Crippen molar-refractivity contribution in [2.45, 2.75) is 51.2 Å². The van der Waals surface area contributed by atoms with Crippen LogP contribution in [0, 0.1) is 6.92 Å². The van der Waals surface area contributed by atoms with Crippen LogP contribution < -0.4 is 0 Å². The van der Waals surface area contributed by atoms with Crippen molar-refractivity contribution in [3.63, 3.8) is 0 Å². The van der Waals surface area contributed by atoms with Gasteiger partial charge in [-0.25, -0.2) is 0 Å². The van der Waals surface area contributed by atoms with E-state index in [1.165, 1.54) is 62.0 Å². The van der Waals surface area contributed by atoms with Crippen LogP contribution in [0.4, 0.5) is 0 Å². The van der Waals surface area contributed by atoms with E-state index in [-0.39, 0.29) is 0 Å². The number of hydrogen-bond acceptors (Lipinski definition) is 2. The minimum absolute atomic E-state index is 0.398. The molecule has 4 rings (SSSR count). The van der Waals surface area contributed by atoms with E-state index >= 15 is 0 Å². The summed E-state index contributed by atoms with van der Waals surface area (Å²) in [5.74, 6) is 0. The minimum Gasteiger partial charge on any atom is -0.297 e. The topological polar surface area (TPSA) is 6.48 Å². The van der Waals surface area contributed by atoms with Gasteiger partial charge in [-0.1, -0.05) is 54.6 Å². The SMILES string of the molecule is Cc1ccccc1CN1CCCC12CCCN(Cc1ccccc1)C2. The molecule has 0 radical (unpaired) electrons. The summed E-state index contributed by atoms with van der Waals surface area (Å²) in [5, 5.41) is 0. The van der Waals surface area contributed by atoms with Crippen molar-refractivity contribution in [3.05, 3.63) is 71.3 Å². The zero-order chi connectivity index (χ0) is 17.1. The predicted molar refractivity (Wildman–Crippen MR) is 105 cm³/mol. The molecule has 0 aromatic heterocycles. The molecule has 0 aliphatic carbocycles. The van der Waals surface area contributed by atoms with Gasteiger partial charge in [-0.15, -0.1) is 0 Å². The van der Waals surface area contributed by atoms with Gasteiger partial charge in [0.1, 0.15) is 0 Å². The van der Waals surface area contributed by atoms with E-state index in [0.29, 0.717) is 5.54 Å². The molecule has 2 aromatic carbocycles. The molecule has 2 fully saturated rings. The van der Waals surface area contributed by atoms with Crippen LogP contribution in [-0.2, 0) is 13.1 Å². The highest BCUT2D eigenvalue weighted by atomic mass is 15.3. The van der Waals surface area contributed by atoms with Crippen molar-refractivity contribution in [1.82, 2.24) is 9.80 Å². The summed E-state index contributed by atoms with van der Waals surface area (Å²) in [6, 6.07) is 19.9. The Hall–Kier alpha value is -1.64. The molecule has 1 spiro atoms. The fourth-order valence-corrected chi connectivity index (χ4v) is 4.88. The van der Waals surface area contributed by atoms with Crippen molar-refractivity contribution in [1.29, 1.82) is 0 Å². The van der Waals surface area contributed by atoms with Gasteiger partial charge in [-0.05, 0) is 62.4 Å². The lowest BCUT2D eigenvalue weighted by Crippen LogP contribution is -2.55.